The van der Waals surface area contributed by atoms with Gasteiger partial charge in [0.1, 0.15) is 6.04 Å². The molecule has 0 aliphatic carbocycles. The lowest BCUT2D eigenvalue weighted by atomic mass is 10.0. The van der Waals surface area contributed by atoms with Crippen molar-refractivity contribution >= 4 is 28.9 Å². The van der Waals surface area contributed by atoms with Gasteiger partial charge in [-0.3, -0.25) is 0 Å². The number of hydrogen-bond donors (Lipinski definition) is 3. The van der Waals surface area contributed by atoms with Crippen LogP contribution in [0, 0.1) is 5.92 Å². The van der Waals surface area contributed by atoms with Crippen LogP contribution in [-0.4, -0.2) is 36.6 Å². The highest BCUT2D eigenvalue weighted by Gasteiger charge is 2.21. The molecule has 0 saturated carbocycles. The number of nitrogens with two attached hydrogens (primary N) is 1. The molecule has 0 aliphatic rings. The molecule has 2 heterocycles. The van der Waals surface area contributed by atoms with Crippen LogP contribution >= 0.6 is 0 Å². The summed E-state index contributed by atoms with van der Waals surface area (Å²) in [5.41, 5.74) is 6.73. The molecule has 0 radical (unpaired) electrons. The van der Waals surface area contributed by atoms with Gasteiger partial charge in [0.15, 0.2) is 17.0 Å². The topological polar surface area (TPSA) is 119 Å². The van der Waals surface area contributed by atoms with E-state index in [4.69, 9.17) is 5.73 Å². The van der Waals surface area contributed by atoms with Gasteiger partial charge in [-0.15, -0.1) is 0 Å². The van der Waals surface area contributed by atoms with Gasteiger partial charge in [0, 0.05) is 7.05 Å². The number of aryl methyl sites for hydroxylation is 1. The number of nitrogens with one attached hydrogen (secondary N) is 1. The largest absolute Gasteiger partial charge is 0.480 e. The number of rotatable bonds is 5. The molecular formula is C12H18N6O2. The highest BCUT2D eigenvalue weighted by Crippen LogP contribution is 2.21. The van der Waals surface area contributed by atoms with Crippen LogP contribution in [-0.2, 0) is 11.8 Å². The molecule has 0 saturated heterocycles. The van der Waals surface area contributed by atoms with E-state index in [9.17, 15) is 9.90 Å². The SMILES string of the molecule is CC(C)CC(Nc1nc(N)nc2c1ncn2C)C(=O)O. The molecule has 8 nitrogen and oxygen atoms in total. The number of anilines is 2. The third-order valence-corrected chi connectivity index (χ3v) is 2.89. The van der Waals surface area contributed by atoms with Crippen LogP contribution in [0.5, 0.6) is 0 Å². The summed E-state index contributed by atoms with van der Waals surface area (Å²) in [5, 5.41) is 12.2. The maximum atomic E-state index is 11.3. The van der Waals surface area contributed by atoms with Gasteiger partial charge in [-0.25, -0.2) is 9.78 Å². The first-order chi connectivity index (χ1) is 9.38. The Bertz CT molecular complexity index is 636. The van der Waals surface area contributed by atoms with E-state index in [-0.39, 0.29) is 11.9 Å². The minimum atomic E-state index is -0.931. The lowest BCUT2D eigenvalue weighted by molar-refractivity contribution is -0.138. The van der Waals surface area contributed by atoms with Crippen LogP contribution in [0.15, 0.2) is 6.33 Å². The molecule has 20 heavy (non-hydrogen) atoms. The van der Waals surface area contributed by atoms with Crippen LogP contribution in [0.2, 0.25) is 0 Å². The average molecular weight is 278 g/mol. The molecule has 108 valence electrons. The van der Waals surface area contributed by atoms with Crippen molar-refractivity contribution in [3.63, 3.8) is 0 Å². The number of carboxylic acids is 1. The number of aliphatic carboxylic acids is 1. The zero-order valence-electron chi connectivity index (χ0n) is 11.7. The number of carbonyl (C=O) groups is 1. The van der Waals surface area contributed by atoms with E-state index in [0.717, 1.165) is 0 Å². The molecule has 0 bridgehead atoms. The van der Waals surface area contributed by atoms with E-state index in [2.05, 4.69) is 20.3 Å². The molecule has 1 unspecified atom stereocenters. The van der Waals surface area contributed by atoms with Crippen LogP contribution in [0.3, 0.4) is 0 Å². The fourth-order valence-electron chi connectivity index (χ4n) is 1.98. The fourth-order valence-corrected chi connectivity index (χ4v) is 1.98. The number of hydrogen-bond acceptors (Lipinski definition) is 6. The summed E-state index contributed by atoms with van der Waals surface area (Å²) in [6, 6.07) is -0.741. The summed E-state index contributed by atoms with van der Waals surface area (Å²) >= 11 is 0. The number of carboxylic acid groups (broad SMARTS) is 1. The summed E-state index contributed by atoms with van der Waals surface area (Å²) < 4.78 is 1.71. The van der Waals surface area contributed by atoms with Crippen molar-refractivity contribution in [3.8, 4) is 0 Å². The number of aromatic nitrogens is 4. The van der Waals surface area contributed by atoms with Gasteiger partial charge < -0.3 is 20.7 Å². The zero-order valence-corrected chi connectivity index (χ0v) is 11.7. The van der Waals surface area contributed by atoms with E-state index in [0.29, 0.717) is 23.4 Å². The molecule has 1 atom stereocenters. The summed E-state index contributed by atoms with van der Waals surface area (Å²) in [6.07, 6.45) is 2.07. The molecule has 2 aromatic heterocycles. The van der Waals surface area contributed by atoms with E-state index in [1.807, 2.05) is 13.8 Å². The maximum absolute atomic E-state index is 11.3. The highest BCUT2D eigenvalue weighted by atomic mass is 16.4. The molecule has 4 N–H and O–H groups in total. The van der Waals surface area contributed by atoms with Gasteiger partial charge in [0.25, 0.3) is 0 Å². The summed E-state index contributed by atoms with van der Waals surface area (Å²) in [6.45, 7) is 3.92. The minimum Gasteiger partial charge on any atom is -0.480 e. The molecule has 8 heteroatoms. The van der Waals surface area contributed by atoms with Crippen molar-refractivity contribution in [1.29, 1.82) is 0 Å². The standard InChI is InChI=1S/C12H18N6O2/c1-6(2)4-7(11(19)20)15-9-8-10(17-12(13)16-9)18(3)5-14-8/h5-7H,4H2,1-3H3,(H,19,20)(H3,13,15,16,17). The Labute approximate surface area is 116 Å². The van der Waals surface area contributed by atoms with Gasteiger partial charge in [0.05, 0.1) is 6.33 Å². The molecule has 2 aromatic rings. The Balaban J connectivity index is 2.39. The Kier molecular flexibility index (Phi) is 3.73. The van der Waals surface area contributed by atoms with E-state index < -0.39 is 12.0 Å². The normalized spacial score (nSPS) is 12.8. The first-order valence-corrected chi connectivity index (χ1v) is 6.32. The molecule has 0 amide bonds. The molecule has 0 aliphatic heterocycles. The van der Waals surface area contributed by atoms with E-state index in [1.54, 1.807) is 17.9 Å². The van der Waals surface area contributed by atoms with Crippen molar-refractivity contribution in [1.82, 2.24) is 19.5 Å². The van der Waals surface area contributed by atoms with Crippen LogP contribution in [0.1, 0.15) is 20.3 Å². The van der Waals surface area contributed by atoms with Gasteiger partial charge in [-0.2, -0.15) is 9.97 Å². The quantitative estimate of drug-likeness (QED) is 0.741. The van der Waals surface area contributed by atoms with Crippen molar-refractivity contribution < 1.29 is 9.90 Å². The minimum absolute atomic E-state index is 0.0808. The van der Waals surface area contributed by atoms with Crippen LogP contribution < -0.4 is 11.1 Å². The fraction of sp³-hybridized carbons (Fsp3) is 0.500. The Hall–Kier alpha value is -2.38. The number of nitrogen functional groups attached to an aromatic ring is 1. The second kappa shape index (κ2) is 5.32. The zero-order chi connectivity index (χ0) is 14.9. The second-order valence-corrected chi connectivity index (χ2v) is 5.12. The van der Waals surface area contributed by atoms with Crippen molar-refractivity contribution in [2.75, 3.05) is 11.1 Å². The molecule has 0 aromatic carbocycles. The molecule has 2 rings (SSSR count). The monoisotopic (exact) mass is 278 g/mol. The third kappa shape index (κ3) is 2.79. The maximum Gasteiger partial charge on any atom is 0.326 e. The second-order valence-electron chi connectivity index (χ2n) is 5.12. The molecule has 0 spiro atoms. The molecular weight excluding hydrogens is 260 g/mol. The first-order valence-electron chi connectivity index (χ1n) is 6.32. The van der Waals surface area contributed by atoms with Crippen molar-refractivity contribution in [2.45, 2.75) is 26.3 Å². The summed E-state index contributed by atoms with van der Waals surface area (Å²) in [4.78, 5) is 23.6. The van der Waals surface area contributed by atoms with Crippen LogP contribution in [0.25, 0.3) is 11.2 Å². The predicted octanol–water partition coefficient (Wildman–Crippen LogP) is 0.857. The first kappa shape index (κ1) is 14.0. The van der Waals surface area contributed by atoms with E-state index in [1.165, 1.54) is 0 Å². The van der Waals surface area contributed by atoms with Gasteiger partial charge in [-0.1, -0.05) is 13.8 Å². The van der Waals surface area contributed by atoms with Gasteiger partial charge in [-0.05, 0) is 12.3 Å². The third-order valence-electron chi connectivity index (χ3n) is 2.89. The molecule has 0 fully saturated rings. The lowest BCUT2D eigenvalue weighted by Gasteiger charge is -2.17. The lowest BCUT2D eigenvalue weighted by Crippen LogP contribution is -2.31. The van der Waals surface area contributed by atoms with Gasteiger partial charge >= 0.3 is 5.97 Å². The number of nitrogens with zero attached hydrogens (tertiary/aromatic N) is 4. The smallest absolute Gasteiger partial charge is 0.326 e. The average Bonchev–Trinajstić information content (AvgIpc) is 2.70. The Morgan fingerprint density at radius 1 is 1.50 bits per heavy atom. The Morgan fingerprint density at radius 3 is 2.80 bits per heavy atom. The number of imidazole rings is 1. The Morgan fingerprint density at radius 2 is 2.20 bits per heavy atom. The van der Waals surface area contributed by atoms with Gasteiger partial charge in [0.2, 0.25) is 5.95 Å². The van der Waals surface area contributed by atoms with E-state index >= 15 is 0 Å². The van der Waals surface area contributed by atoms with Crippen molar-refractivity contribution in [3.05, 3.63) is 6.33 Å². The van der Waals surface area contributed by atoms with Crippen molar-refractivity contribution in [2.24, 2.45) is 13.0 Å². The summed E-state index contributed by atoms with van der Waals surface area (Å²) in [7, 11) is 1.79. The highest BCUT2D eigenvalue weighted by molar-refractivity contribution is 5.87. The number of fused-ring (bicyclic) bond motifs is 1. The summed E-state index contributed by atoms with van der Waals surface area (Å²) in [5.74, 6) is -0.264. The predicted molar refractivity (Wildman–Crippen MR) is 75.2 cm³/mol. The van der Waals surface area contributed by atoms with Crippen LogP contribution in [0.4, 0.5) is 11.8 Å².